The Balaban J connectivity index is -0.0000000575. The van der Waals surface area contributed by atoms with Crippen LogP contribution in [0.3, 0.4) is 0 Å². The van der Waals surface area contributed by atoms with E-state index >= 15 is 0 Å². The molecule has 0 saturated carbocycles. The van der Waals surface area contributed by atoms with E-state index < -0.39 is 13.0 Å². The van der Waals surface area contributed by atoms with E-state index in [9.17, 15) is 0 Å². The van der Waals surface area contributed by atoms with Gasteiger partial charge in [-0.1, -0.05) is 0 Å². The van der Waals surface area contributed by atoms with E-state index in [4.69, 9.17) is 39.6 Å². The number of rotatable bonds is 4. The van der Waals surface area contributed by atoms with Gasteiger partial charge in [-0.15, -0.1) is 0 Å². The fourth-order valence-electron chi connectivity index (χ4n) is 1.34. The summed E-state index contributed by atoms with van der Waals surface area (Å²) in [5.41, 5.74) is 0. The number of nitriles is 2. The van der Waals surface area contributed by atoms with Crippen LogP contribution in [0.15, 0.2) is 0 Å². The van der Waals surface area contributed by atoms with Crippen molar-refractivity contribution in [3.05, 3.63) is 0 Å². The van der Waals surface area contributed by atoms with Crippen LogP contribution < -0.4 is 12.4 Å². The predicted molar refractivity (Wildman–Crippen MR) is 82.6 cm³/mol. The van der Waals surface area contributed by atoms with E-state index in [0.717, 1.165) is 0 Å². The van der Waals surface area contributed by atoms with Gasteiger partial charge in [0.2, 0.25) is 0 Å². The van der Waals surface area contributed by atoms with Crippen molar-refractivity contribution in [2.24, 2.45) is 0 Å². The monoisotopic (exact) mass is 454 g/mol. The molecule has 0 N–H and O–H groups in total. The van der Waals surface area contributed by atoms with Gasteiger partial charge in [0.25, 0.3) is 0 Å². The molecule has 0 aromatic carbocycles. The standard InChI is InChI=1S/C8H20N.2C2H3N.4ClH.Ru/c1-5-9(6-2,7-3)8-4;2*1-2-3;;;;;/h5-8H2,1-4H3;2*1H3;4*1H;/q+1;;;;;;;+3/p-4. The molecule has 0 spiro atoms. The first-order valence-corrected chi connectivity index (χ1v) is 12.7. The number of nitrogens with zero attached hydrogens (tertiary/aromatic N) is 3. The van der Waals surface area contributed by atoms with E-state index in [-0.39, 0.29) is 12.4 Å². The Kier molecular flexibility index (Phi) is 45.6. The van der Waals surface area contributed by atoms with Gasteiger partial charge >= 0.3 is 42.1 Å². The molecule has 0 aromatic rings. The molecule has 0 atom stereocenters. The van der Waals surface area contributed by atoms with Gasteiger partial charge in [-0.3, -0.25) is 0 Å². The maximum atomic E-state index is 7.32. The Bertz CT molecular complexity index is 204. The number of hydrogen-bond donors (Lipinski definition) is 0. The number of halogens is 4. The van der Waals surface area contributed by atoms with Crippen LogP contribution in [0.2, 0.25) is 0 Å². The van der Waals surface area contributed by atoms with E-state index in [1.807, 2.05) is 0 Å². The molecular weight excluding hydrogens is 429 g/mol. The third-order valence-corrected chi connectivity index (χ3v) is 2.68. The van der Waals surface area contributed by atoms with Gasteiger partial charge in [0.1, 0.15) is 0 Å². The van der Waals surface area contributed by atoms with Crippen molar-refractivity contribution >= 4 is 29.1 Å². The SMILES string of the molecule is CC#N.CC#N.CC[N+](CC)(CC)CC.[Cl-].[Cl][Ru]([Cl])[Cl]. The van der Waals surface area contributed by atoms with Gasteiger partial charge in [0.05, 0.1) is 38.3 Å². The molecule has 0 aromatic heterocycles. The maximum absolute atomic E-state index is 7.32. The normalized spacial score (nSPS) is 8.45. The Morgan fingerprint density at radius 1 is 0.800 bits per heavy atom. The summed E-state index contributed by atoms with van der Waals surface area (Å²) in [4.78, 5) is 0. The molecule has 0 fully saturated rings. The zero-order valence-corrected chi connectivity index (χ0v) is 17.8. The Hall–Kier alpha value is 0.723. The minimum absolute atomic E-state index is 0. The summed E-state index contributed by atoms with van der Waals surface area (Å²) in [6.07, 6.45) is 0. The first kappa shape index (κ1) is 32.6. The summed E-state index contributed by atoms with van der Waals surface area (Å²) in [7, 11) is 14.8. The predicted octanol–water partition coefficient (Wildman–Crippen LogP) is 2.01. The number of hydrogen-bond acceptors (Lipinski definition) is 2. The van der Waals surface area contributed by atoms with Crippen LogP contribution in [-0.2, 0) is 13.0 Å². The average molecular weight is 455 g/mol. The molecular formula is C12H26Cl4N3Ru. The van der Waals surface area contributed by atoms with E-state index in [1.54, 1.807) is 12.1 Å². The van der Waals surface area contributed by atoms with Crippen LogP contribution in [0.1, 0.15) is 41.5 Å². The van der Waals surface area contributed by atoms with Gasteiger partial charge in [0, 0.05) is 13.8 Å². The van der Waals surface area contributed by atoms with E-state index in [2.05, 4.69) is 27.7 Å². The summed E-state index contributed by atoms with van der Waals surface area (Å²) < 4.78 is 1.28. The molecule has 0 saturated heterocycles. The van der Waals surface area contributed by atoms with Crippen molar-refractivity contribution in [3.63, 3.8) is 0 Å². The van der Waals surface area contributed by atoms with Crippen molar-refractivity contribution in [2.75, 3.05) is 26.2 Å². The van der Waals surface area contributed by atoms with Crippen LogP contribution in [0.4, 0.5) is 0 Å². The van der Waals surface area contributed by atoms with Crippen LogP contribution >= 0.6 is 29.1 Å². The van der Waals surface area contributed by atoms with Crippen LogP contribution in [0, 0.1) is 22.7 Å². The first-order valence-electron chi connectivity index (χ1n) is 5.94. The molecule has 8 heteroatoms. The summed E-state index contributed by atoms with van der Waals surface area (Å²) >= 11 is -1.75. The molecule has 0 aliphatic carbocycles. The van der Waals surface area contributed by atoms with Crippen LogP contribution in [0.25, 0.3) is 0 Å². The Morgan fingerprint density at radius 2 is 0.900 bits per heavy atom. The molecule has 20 heavy (non-hydrogen) atoms. The molecule has 0 aliphatic rings. The van der Waals surface area contributed by atoms with Crippen LogP contribution in [-0.4, -0.2) is 30.7 Å². The Labute approximate surface area is 148 Å². The van der Waals surface area contributed by atoms with Crippen molar-refractivity contribution < 1.29 is 29.9 Å². The molecule has 0 unspecified atom stereocenters. The second kappa shape index (κ2) is 28.0. The third kappa shape index (κ3) is 36.3. The van der Waals surface area contributed by atoms with Crippen molar-refractivity contribution in [1.29, 1.82) is 10.5 Å². The molecule has 0 aliphatic heterocycles. The molecule has 0 radical (unpaired) electrons. The van der Waals surface area contributed by atoms with E-state index in [0.29, 0.717) is 0 Å². The van der Waals surface area contributed by atoms with Crippen molar-refractivity contribution in [3.8, 4) is 12.1 Å². The van der Waals surface area contributed by atoms with Gasteiger partial charge < -0.3 is 16.9 Å². The molecule has 125 valence electrons. The topological polar surface area (TPSA) is 47.6 Å². The summed E-state index contributed by atoms with van der Waals surface area (Å²) in [6, 6.07) is 3.50. The second-order valence-corrected chi connectivity index (χ2v) is 11.1. The second-order valence-electron chi connectivity index (χ2n) is 3.21. The summed E-state index contributed by atoms with van der Waals surface area (Å²) in [5, 5.41) is 14.6. The van der Waals surface area contributed by atoms with Crippen molar-refractivity contribution in [1.82, 2.24) is 0 Å². The fourth-order valence-corrected chi connectivity index (χ4v) is 1.34. The quantitative estimate of drug-likeness (QED) is 0.481. The van der Waals surface area contributed by atoms with Gasteiger partial charge in [-0.25, -0.2) is 0 Å². The molecule has 0 amide bonds. The molecule has 0 heterocycles. The molecule has 0 rings (SSSR count). The zero-order valence-electron chi connectivity index (χ0n) is 13.0. The van der Waals surface area contributed by atoms with Gasteiger partial charge in [0.15, 0.2) is 0 Å². The Morgan fingerprint density at radius 3 is 0.900 bits per heavy atom. The van der Waals surface area contributed by atoms with Gasteiger partial charge in [-0.05, 0) is 27.7 Å². The summed E-state index contributed by atoms with van der Waals surface area (Å²) in [5.74, 6) is 0. The third-order valence-electron chi connectivity index (χ3n) is 2.68. The first-order chi connectivity index (χ1) is 8.80. The van der Waals surface area contributed by atoms with Crippen molar-refractivity contribution in [2.45, 2.75) is 41.5 Å². The summed E-state index contributed by atoms with van der Waals surface area (Å²) in [6.45, 7) is 17.1. The fraction of sp³-hybridized carbons (Fsp3) is 0.833. The molecule has 0 bridgehead atoms. The zero-order chi connectivity index (χ0) is 16.3. The van der Waals surface area contributed by atoms with E-state index in [1.165, 1.54) is 44.5 Å². The average Bonchev–Trinajstić information content (AvgIpc) is 2.34. The minimum atomic E-state index is -1.75. The van der Waals surface area contributed by atoms with Gasteiger partial charge in [-0.2, -0.15) is 10.5 Å². The molecule has 3 nitrogen and oxygen atoms in total. The number of quaternary nitrogens is 1. The van der Waals surface area contributed by atoms with Crippen LogP contribution in [0.5, 0.6) is 0 Å².